The van der Waals surface area contributed by atoms with Crippen LogP contribution in [0.15, 0.2) is 34.9 Å². The minimum absolute atomic E-state index is 0.0106. The maximum Gasteiger partial charge on any atom is 0.333 e. The Balaban J connectivity index is 2.31. The van der Waals surface area contributed by atoms with Crippen molar-refractivity contribution in [3.63, 3.8) is 0 Å². The van der Waals surface area contributed by atoms with Crippen molar-refractivity contribution in [3.8, 4) is 0 Å². The van der Waals surface area contributed by atoms with E-state index in [4.69, 9.17) is 9.47 Å². The summed E-state index contributed by atoms with van der Waals surface area (Å²) in [6, 6.07) is 0. The number of carbonyl (C=O) groups is 3. The van der Waals surface area contributed by atoms with Crippen LogP contribution in [0, 0.1) is 17.3 Å². The predicted molar refractivity (Wildman–Crippen MR) is 103 cm³/mol. The number of carbonyl (C=O) groups excluding carboxylic acids is 3. The van der Waals surface area contributed by atoms with E-state index in [1.807, 2.05) is 19.9 Å². The van der Waals surface area contributed by atoms with Crippen LogP contribution in [0.4, 0.5) is 0 Å². The standard InChI is InChI=1S/C22H30O5/c1-7-13(3)20(24)27-19-10-9-16-11-18(23)17(12-22(16,6)15(19)5)14(4)21(25)26-8-2/h7,11-12,14-15,19H,8-10H2,1-6H3/b13-7-/t14-,15-,19-,22+/m0/s1. The van der Waals surface area contributed by atoms with Crippen LogP contribution < -0.4 is 0 Å². The summed E-state index contributed by atoms with van der Waals surface area (Å²) in [5.74, 6) is -1.46. The summed E-state index contributed by atoms with van der Waals surface area (Å²) < 4.78 is 10.8. The third kappa shape index (κ3) is 4.07. The summed E-state index contributed by atoms with van der Waals surface area (Å²) in [7, 11) is 0. The van der Waals surface area contributed by atoms with Crippen LogP contribution in [0.1, 0.15) is 54.4 Å². The lowest BCUT2D eigenvalue weighted by Crippen LogP contribution is -2.44. The van der Waals surface area contributed by atoms with Crippen molar-refractivity contribution in [2.24, 2.45) is 17.3 Å². The molecule has 0 N–H and O–H groups in total. The Bertz CT molecular complexity index is 727. The Morgan fingerprint density at radius 1 is 1.41 bits per heavy atom. The molecule has 0 aliphatic heterocycles. The monoisotopic (exact) mass is 374 g/mol. The van der Waals surface area contributed by atoms with Gasteiger partial charge in [-0.25, -0.2) is 4.79 Å². The Hall–Kier alpha value is -2.17. The van der Waals surface area contributed by atoms with Gasteiger partial charge in [-0.2, -0.15) is 0 Å². The van der Waals surface area contributed by atoms with Crippen molar-refractivity contribution >= 4 is 17.7 Å². The molecule has 0 aromatic rings. The number of hydrogen-bond donors (Lipinski definition) is 0. The van der Waals surface area contributed by atoms with E-state index >= 15 is 0 Å². The summed E-state index contributed by atoms with van der Waals surface area (Å²) in [6.45, 7) is 11.4. The molecule has 0 unspecified atom stereocenters. The normalized spacial score (nSPS) is 29.3. The molecule has 148 valence electrons. The largest absolute Gasteiger partial charge is 0.466 e. The molecule has 0 aromatic heterocycles. The molecule has 0 spiro atoms. The first-order valence-electron chi connectivity index (χ1n) is 9.64. The summed E-state index contributed by atoms with van der Waals surface area (Å²) in [4.78, 5) is 36.9. The zero-order chi connectivity index (χ0) is 20.4. The van der Waals surface area contributed by atoms with Crippen molar-refractivity contribution in [2.75, 3.05) is 6.61 Å². The summed E-state index contributed by atoms with van der Waals surface area (Å²) in [5.41, 5.74) is 1.65. The maximum absolute atomic E-state index is 12.6. The second kappa shape index (κ2) is 8.24. The average molecular weight is 374 g/mol. The van der Waals surface area contributed by atoms with Crippen molar-refractivity contribution < 1.29 is 23.9 Å². The fourth-order valence-electron chi connectivity index (χ4n) is 3.83. The third-order valence-corrected chi connectivity index (χ3v) is 6.06. The van der Waals surface area contributed by atoms with Crippen molar-refractivity contribution in [3.05, 3.63) is 34.9 Å². The van der Waals surface area contributed by atoms with Gasteiger partial charge in [-0.05, 0) is 46.6 Å². The van der Waals surface area contributed by atoms with Crippen molar-refractivity contribution in [2.45, 2.75) is 60.5 Å². The molecule has 1 fully saturated rings. The minimum Gasteiger partial charge on any atom is -0.466 e. The lowest BCUT2D eigenvalue weighted by Gasteiger charge is -2.46. The first-order valence-corrected chi connectivity index (χ1v) is 9.64. The zero-order valence-corrected chi connectivity index (χ0v) is 17.1. The highest BCUT2D eigenvalue weighted by molar-refractivity contribution is 6.09. The fourth-order valence-corrected chi connectivity index (χ4v) is 3.83. The molecule has 0 heterocycles. The summed E-state index contributed by atoms with van der Waals surface area (Å²) in [6.07, 6.45) is 6.45. The third-order valence-electron chi connectivity index (χ3n) is 6.06. The minimum atomic E-state index is -0.618. The SMILES string of the molecule is C/C=C(/C)C(=O)O[C@H]1CCC2=CC(=O)C([C@H](C)C(=O)OCC)=C[C@]2(C)[C@H]1C. The van der Waals surface area contributed by atoms with E-state index in [1.54, 1.807) is 32.9 Å². The predicted octanol–water partition coefficient (Wildman–Crippen LogP) is 3.94. The van der Waals surface area contributed by atoms with Crippen molar-refractivity contribution in [1.82, 2.24) is 0 Å². The zero-order valence-electron chi connectivity index (χ0n) is 17.1. The molecule has 2 aliphatic carbocycles. The van der Waals surface area contributed by atoms with Crippen LogP contribution in [0.2, 0.25) is 0 Å². The van der Waals surface area contributed by atoms with Gasteiger partial charge >= 0.3 is 11.9 Å². The van der Waals surface area contributed by atoms with Gasteiger partial charge in [0.1, 0.15) is 6.10 Å². The quantitative estimate of drug-likeness (QED) is 0.538. The number of esters is 2. The molecular formula is C22H30O5. The number of ketones is 1. The maximum atomic E-state index is 12.6. The lowest BCUT2D eigenvalue weighted by atomic mass is 9.60. The molecule has 0 amide bonds. The highest BCUT2D eigenvalue weighted by Crippen LogP contribution is 2.50. The topological polar surface area (TPSA) is 69.7 Å². The molecule has 0 aromatic carbocycles. The van der Waals surface area contributed by atoms with E-state index in [0.717, 1.165) is 5.57 Å². The molecule has 1 saturated carbocycles. The van der Waals surface area contributed by atoms with Gasteiger partial charge in [-0.1, -0.05) is 31.6 Å². The van der Waals surface area contributed by atoms with E-state index < -0.39 is 17.3 Å². The molecule has 0 radical (unpaired) electrons. The average Bonchev–Trinajstić information content (AvgIpc) is 2.64. The van der Waals surface area contributed by atoms with Gasteiger partial charge in [0, 0.05) is 22.5 Å². The Morgan fingerprint density at radius 2 is 2.07 bits per heavy atom. The lowest BCUT2D eigenvalue weighted by molar-refractivity contribution is -0.150. The molecule has 27 heavy (non-hydrogen) atoms. The molecule has 2 rings (SSSR count). The fraction of sp³-hybridized carbons (Fsp3) is 0.591. The number of ether oxygens (including phenoxy) is 2. The van der Waals surface area contributed by atoms with Gasteiger partial charge < -0.3 is 9.47 Å². The number of fused-ring (bicyclic) bond motifs is 1. The first-order chi connectivity index (χ1) is 12.7. The van der Waals surface area contributed by atoms with Gasteiger partial charge in [-0.3, -0.25) is 9.59 Å². The highest BCUT2D eigenvalue weighted by Gasteiger charge is 2.46. The van der Waals surface area contributed by atoms with Gasteiger partial charge in [0.15, 0.2) is 5.78 Å². The van der Waals surface area contributed by atoms with Crippen LogP contribution in [0.3, 0.4) is 0 Å². The van der Waals surface area contributed by atoms with Crippen LogP contribution in [-0.2, 0) is 23.9 Å². The second-order valence-electron chi connectivity index (χ2n) is 7.63. The van der Waals surface area contributed by atoms with E-state index in [0.29, 0.717) is 24.0 Å². The van der Waals surface area contributed by atoms with E-state index in [1.165, 1.54) is 0 Å². The molecule has 0 saturated heterocycles. The van der Waals surface area contributed by atoms with Crippen LogP contribution in [0.25, 0.3) is 0 Å². The van der Waals surface area contributed by atoms with E-state index in [-0.39, 0.29) is 30.4 Å². The molecule has 5 nitrogen and oxygen atoms in total. The van der Waals surface area contributed by atoms with Crippen LogP contribution in [-0.4, -0.2) is 30.4 Å². The van der Waals surface area contributed by atoms with Gasteiger partial charge in [0.25, 0.3) is 0 Å². The molecule has 0 bridgehead atoms. The Labute approximate surface area is 161 Å². The van der Waals surface area contributed by atoms with Crippen molar-refractivity contribution in [1.29, 1.82) is 0 Å². The number of rotatable bonds is 5. The number of allylic oxidation sites excluding steroid dienone is 4. The summed E-state index contributed by atoms with van der Waals surface area (Å²) in [5, 5.41) is 0. The highest BCUT2D eigenvalue weighted by atomic mass is 16.5. The molecule has 4 atom stereocenters. The molecule has 5 heteroatoms. The molecule has 2 aliphatic rings. The Morgan fingerprint density at radius 3 is 2.67 bits per heavy atom. The first kappa shape index (κ1) is 21.1. The van der Waals surface area contributed by atoms with Gasteiger partial charge in [0.2, 0.25) is 0 Å². The number of hydrogen-bond acceptors (Lipinski definition) is 5. The van der Waals surface area contributed by atoms with Gasteiger partial charge in [0.05, 0.1) is 12.5 Å². The van der Waals surface area contributed by atoms with Gasteiger partial charge in [-0.15, -0.1) is 0 Å². The summed E-state index contributed by atoms with van der Waals surface area (Å²) >= 11 is 0. The van der Waals surface area contributed by atoms with E-state index in [9.17, 15) is 14.4 Å². The Kier molecular flexibility index (Phi) is 6.45. The van der Waals surface area contributed by atoms with E-state index in [2.05, 4.69) is 6.92 Å². The van der Waals surface area contributed by atoms with Crippen LogP contribution >= 0.6 is 0 Å². The smallest absolute Gasteiger partial charge is 0.333 e. The molecular weight excluding hydrogens is 344 g/mol. The van der Waals surface area contributed by atoms with Crippen LogP contribution in [0.5, 0.6) is 0 Å². The second-order valence-corrected chi connectivity index (χ2v) is 7.63.